The molecule has 2 heterocycles. The fraction of sp³-hybridized carbons (Fsp3) is 0.268. The molecular formula is C41H34F3N3O6. The highest BCUT2D eigenvalue weighted by molar-refractivity contribution is 6.13. The minimum Gasteiger partial charge on any atom is -0.508 e. The Hall–Kier alpha value is -5.91. The first-order chi connectivity index (χ1) is 25.4. The number of ether oxygens (including phenoxy) is 1. The van der Waals surface area contributed by atoms with Gasteiger partial charge < -0.3 is 9.84 Å². The van der Waals surface area contributed by atoms with Gasteiger partial charge in [-0.15, -0.1) is 13.2 Å². The van der Waals surface area contributed by atoms with E-state index < -0.39 is 70.6 Å². The van der Waals surface area contributed by atoms with Crippen LogP contribution in [-0.4, -0.2) is 45.0 Å². The van der Waals surface area contributed by atoms with Crippen LogP contribution in [-0.2, 0) is 31.1 Å². The van der Waals surface area contributed by atoms with Crippen molar-refractivity contribution in [2.75, 3.05) is 5.43 Å². The number of halogens is 3. The van der Waals surface area contributed by atoms with Crippen molar-refractivity contribution >= 4 is 29.3 Å². The van der Waals surface area contributed by atoms with Crippen molar-refractivity contribution in [3.63, 3.8) is 0 Å². The molecule has 6 unspecified atom stereocenters. The minimum atomic E-state index is -5.06. The summed E-state index contributed by atoms with van der Waals surface area (Å²) in [6, 6.07) is 27.7. The predicted molar refractivity (Wildman–Crippen MR) is 186 cm³/mol. The van der Waals surface area contributed by atoms with Crippen LogP contribution in [0.3, 0.4) is 0 Å². The van der Waals surface area contributed by atoms with Gasteiger partial charge in [0, 0.05) is 11.5 Å². The normalized spacial score (nSPS) is 26.6. The van der Waals surface area contributed by atoms with Crippen LogP contribution in [0.4, 0.5) is 18.9 Å². The van der Waals surface area contributed by atoms with Gasteiger partial charge in [-0.3, -0.25) is 29.5 Å². The maximum absolute atomic E-state index is 15.2. The summed E-state index contributed by atoms with van der Waals surface area (Å²) in [5, 5.41) is 12.5. The molecule has 4 aromatic carbocycles. The lowest BCUT2D eigenvalue weighted by Crippen LogP contribution is -2.53. The number of aromatic hydroxyl groups is 1. The molecule has 0 bridgehead atoms. The molecule has 9 nitrogen and oxygen atoms in total. The Morgan fingerprint density at radius 2 is 1.53 bits per heavy atom. The van der Waals surface area contributed by atoms with Crippen LogP contribution in [0.15, 0.2) is 115 Å². The highest BCUT2D eigenvalue weighted by atomic mass is 19.4. The number of benzene rings is 4. The molecule has 12 heteroatoms. The predicted octanol–water partition coefficient (Wildman–Crippen LogP) is 6.78. The van der Waals surface area contributed by atoms with E-state index in [1.54, 1.807) is 48.5 Å². The van der Waals surface area contributed by atoms with Crippen molar-refractivity contribution in [3.05, 3.63) is 137 Å². The lowest BCUT2D eigenvalue weighted by Gasteiger charge is -2.50. The SMILES string of the molecule is Cc1ccc(NN2C(=O)C3CC4C(=CCC5C(=O)N(Cc6ccccc6)C(=O)C54)C(c4cc(OC(F)(F)F)ccc4O)C3(c3ccccc3)C2=O)cc1. The number of amides is 4. The Morgan fingerprint density at radius 1 is 0.849 bits per heavy atom. The standard InChI is InChI=1S/C41H34F3N3O6/c1-23-12-14-26(15-13-23)45-47-37(50)32-21-30-28(17-18-29-34(30)38(51)46(36(29)49)22-24-8-4-2-5-9-24)35(40(32,39(47)52)25-10-6-3-7-11-25)31-20-27(16-19-33(31)48)53-41(42,43)44/h2-17,19-20,29-30,32,34-35,45,48H,18,21-22H2,1H3. The summed E-state index contributed by atoms with van der Waals surface area (Å²) in [5.74, 6) is -7.91. The number of hydrazine groups is 1. The van der Waals surface area contributed by atoms with E-state index >= 15 is 4.79 Å². The van der Waals surface area contributed by atoms with E-state index in [9.17, 15) is 32.7 Å². The number of hydrogen-bond donors (Lipinski definition) is 2. The molecule has 2 aliphatic carbocycles. The average Bonchev–Trinajstić information content (AvgIpc) is 3.51. The summed E-state index contributed by atoms with van der Waals surface area (Å²) < 4.78 is 45.0. The van der Waals surface area contributed by atoms with Crippen LogP contribution in [0, 0.1) is 30.6 Å². The van der Waals surface area contributed by atoms with Gasteiger partial charge in [0.15, 0.2) is 0 Å². The van der Waals surface area contributed by atoms with Gasteiger partial charge in [0.2, 0.25) is 11.8 Å². The Labute approximate surface area is 302 Å². The zero-order valence-corrected chi connectivity index (χ0v) is 28.4. The first-order valence-corrected chi connectivity index (χ1v) is 17.3. The molecule has 6 atom stereocenters. The number of phenols is 1. The quantitative estimate of drug-likeness (QED) is 0.160. The van der Waals surface area contributed by atoms with Crippen LogP contribution >= 0.6 is 0 Å². The monoisotopic (exact) mass is 721 g/mol. The number of aryl methyl sites for hydroxylation is 1. The molecule has 4 aromatic rings. The average molecular weight is 722 g/mol. The van der Waals surface area contributed by atoms with E-state index in [1.165, 1.54) is 4.90 Å². The number of rotatable bonds is 7. The van der Waals surface area contributed by atoms with Crippen molar-refractivity contribution in [1.82, 2.24) is 9.91 Å². The van der Waals surface area contributed by atoms with Crippen LogP contribution in [0.2, 0.25) is 0 Å². The highest BCUT2D eigenvalue weighted by Gasteiger charge is 2.70. The third-order valence-corrected chi connectivity index (χ3v) is 11.2. The second-order valence-electron chi connectivity index (χ2n) is 14.1. The number of alkyl halides is 3. The number of carbonyl (C=O) groups excluding carboxylic acids is 4. The summed E-state index contributed by atoms with van der Waals surface area (Å²) in [6.45, 7) is 1.94. The Morgan fingerprint density at radius 3 is 2.21 bits per heavy atom. The van der Waals surface area contributed by atoms with Gasteiger partial charge in [0.05, 0.1) is 35.4 Å². The summed E-state index contributed by atoms with van der Waals surface area (Å²) in [7, 11) is 0. The summed E-state index contributed by atoms with van der Waals surface area (Å²) >= 11 is 0. The maximum atomic E-state index is 15.2. The minimum absolute atomic E-state index is 0.00720. The van der Waals surface area contributed by atoms with Crippen molar-refractivity contribution in [1.29, 1.82) is 0 Å². The molecule has 8 rings (SSSR count). The molecule has 0 spiro atoms. The first-order valence-electron chi connectivity index (χ1n) is 17.3. The second-order valence-corrected chi connectivity index (χ2v) is 14.1. The third-order valence-electron chi connectivity index (χ3n) is 11.2. The number of hydrogen-bond acceptors (Lipinski definition) is 7. The van der Waals surface area contributed by atoms with E-state index in [2.05, 4.69) is 10.2 Å². The number of anilines is 1. The number of imide groups is 2. The maximum Gasteiger partial charge on any atom is 0.573 e. The number of nitrogens with one attached hydrogen (secondary N) is 1. The highest BCUT2D eigenvalue weighted by Crippen LogP contribution is 2.65. The molecule has 1 saturated carbocycles. The van der Waals surface area contributed by atoms with Crippen molar-refractivity contribution < 1.29 is 42.2 Å². The van der Waals surface area contributed by atoms with Crippen molar-refractivity contribution in [2.45, 2.75) is 44.0 Å². The van der Waals surface area contributed by atoms with E-state index in [1.807, 2.05) is 49.4 Å². The van der Waals surface area contributed by atoms with Crippen LogP contribution < -0.4 is 10.2 Å². The summed E-state index contributed by atoms with van der Waals surface area (Å²) in [5.41, 5.74) is 4.17. The number of carbonyl (C=O) groups is 4. The largest absolute Gasteiger partial charge is 0.573 e. The van der Waals surface area contributed by atoms with Crippen LogP contribution in [0.25, 0.3) is 0 Å². The first kappa shape index (κ1) is 34.2. The van der Waals surface area contributed by atoms with Gasteiger partial charge >= 0.3 is 6.36 Å². The second kappa shape index (κ2) is 12.6. The zero-order chi connectivity index (χ0) is 37.2. The molecule has 0 radical (unpaired) electrons. The van der Waals surface area contributed by atoms with Gasteiger partial charge in [0.1, 0.15) is 11.5 Å². The number of fused-ring (bicyclic) bond motifs is 4. The number of phenolic OH excluding ortho intramolecular Hbond substituents is 1. The smallest absolute Gasteiger partial charge is 0.508 e. The van der Waals surface area contributed by atoms with Crippen LogP contribution in [0.1, 0.15) is 41.0 Å². The van der Waals surface area contributed by atoms with Crippen molar-refractivity contribution in [2.24, 2.45) is 23.7 Å². The van der Waals surface area contributed by atoms with Gasteiger partial charge in [0.25, 0.3) is 11.8 Å². The van der Waals surface area contributed by atoms with Gasteiger partial charge in [-0.2, -0.15) is 5.01 Å². The Kier molecular flexibility index (Phi) is 8.16. The molecule has 2 aliphatic heterocycles. The van der Waals surface area contributed by atoms with E-state index in [4.69, 9.17) is 0 Å². The molecule has 2 saturated heterocycles. The third kappa shape index (κ3) is 5.55. The van der Waals surface area contributed by atoms with Crippen molar-refractivity contribution in [3.8, 4) is 11.5 Å². The topological polar surface area (TPSA) is 116 Å². The Bertz CT molecular complexity index is 2160. The molecule has 4 amide bonds. The van der Waals surface area contributed by atoms with E-state index in [-0.39, 0.29) is 30.9 Å². The summed E-state index contributed by atoms with van der Waals surface area (Å²) in [4.78, 5) is 59.5. The number of likely N-dealkylation sites (tertiary alicyclic amines) is 1. The van der Waals surface area contributed by atoms with Gasteiger partial charge in [-0.1, -0.05) is 90.0 Å². The molecular weight excluding hydrogens is 687 g/mol. The van der Waals surface area contributed by atoms with E-state index in [0.717, 1.165) is 34.3 Å². The van der Waals surface area contributed by atoms with Gasteiger partial charge in [-0.05, 0) is 67.1 Å². The lowest BCUT2D eigenvalue weighted by molar-refractivity contribution is -0.274. The van der Waals surface area contributed by atoms with E-state index in [0.29, 0.717) is 16.8 Å². The molecule has 270 valence electrons. The molecule has 4 aliphatic rings. The van der Waals surface area contributed by atoms with Crippen LogP contribution in [0.5, 0.6) is 11.5 Å². The molecule has 3 fully saturated rings. The number of nitrogens with zero attached hydrogens (tertiary/aromatic N) is 2. The van der Waals surface area contributed by atoms with Gasteiger partial charge in [-0.25, -0.2) is 0 Å². The molecule has 2 N–H and O–H groups in total. The lowest BCUT2D eigenvalue weighted by atomic mass is 9.49. The fourth-order valence-corrected chi connectivity index (χ4v) is 9.04. The molecule has 53 heavy (non-hydrogen) atoms. The zero-order valence-electron chi connectivity index (χ0n) is 28.4. The molecule has 0 aromatic heterocycles. The number of allylic oxidation sites excluding steroid dienone is 2. The Balaban J connectivity index is 1.32. The fourth-order valence-electron chi connectivity index (χ4n) is 9.04. The summed E-state index contributed by atoms with van der Waals surface area (Å²) in [6.07, 6.45) is -3.18.